The quantitative estimate of drug-likeness (QED) is 0.637. The summed E-state index contributed by atoms with van der Waals surface area (Å²) >= 11 is 1.57. The molecule has 1 saturated heterocycles. The number of likely N-dealkylation sites (tertiary alicyclic amines) is 1. The largest absolute Gasteiger partial charge is 0.373 e. The SMILES string of the molecule is CCN1CCCC(Nc2cc(NC)nc(SC)n2)C1. The molecule has 1 aromatic rings. The maximum Gasteiger partial charge on any atom is 0.191 e. The fourth-order valence-corrected chi connectivity index (χ4v) is 2.77. The van der Waals surface area contributed by atoms with Crippen molar-refractivity contribution in [3.05, 3.63) is 6.07 Å². The Labute approximate surface area is 119 Å². The molecule has 1 aliphatic rings. The van der Waals surface area contributed by atoms with Crippen LogP contribution in [0.5, 0.6) is 0 Å². The van der Waals surface area contributed by atoms with Crippen LogP contribution in [-0.2, 0) is 0 Å². The van der Waals surface area contributed by atoms with Crippen molar-refractivity contribution in [3.8, 4) is 0 Å². The van der Waals surface area contributed by atoms with Gasteiger partial charge in [-0.3, -0.25) is 0 Å². The van der Waals surface area contributed by atoms with Gasteiger partial charge in [0.1, 0.15) is 11.6 Å². The molecule has 106 valence electrons. The zero-order valence-electron chi connectivity index (χ0n) is 11.9. The van der Waals surface area contributed by atoms with Crippen LogP contribution in [0.3, 0.4) is 0 Å². The molecule has 2 rings (SSSR count). The predicted molar refractivity (Wildman–Crippen MR) is 82.1 cm³/mol. The average molecular weight is 281 g/mol. The highest BCUT2D eigenvalue weighted by molar-refractivity contribution is 7.98. The summed E-state index contributed by atoms with van der Waals surface area (Å²) < 4.78 is 0. The number of thioether (sulfide) groups is 1. The molecular formula is C13H23N5S. The lowest BCUT2D eigenvalue weighted by Gasteiger charge is -2.32. The van der Waals surface area contributed by atoms with Crippen molar-refractivity contribution in [2.45, 2.75) is 31.0 Å². The Hall–Kier alpha value is -1.01. The first kappa shape index (κ1) is 14.4. The minimum atomic E-state index is 0.489. The molecule has 0 radical (unpaired) electrons. The fourth-order valence-electron chi connectivity index (χ4n) is 2.39. The highest BCUT2D eigenvalue weighted by Gasteiger charge is 2.19. The molecule has 19 heavy (non-hydrogen) atoms. The molecule has 1 atom stereocenters. The first-order chi connectivity index (χ1) is 9.25. The van der Waals surface area contributed by atoms with Gasteiger partial charge in [0.25, 0.3) is 0 Å². The van der Waals surface area contributed by atoms with Gasteiger partial charge in [0, 0.05) is 25.7 Å². The zero-order chi connectivity index (χ0) is 13.7. The van der Waals surface area contributed by atoms with Gasteiger partial charge >= 0.3 is 0 Å². The van der Waals surface area contributed by atoms with E-state index in [0.717, 1.165) is 29.9 Å². The lowest BCUT2D eigenvalue weighted by molar-refractivity contribution is 0.226. The Bertz CT molecular complexity index is 390. The Morgan fingerprint density at radius 3 is 2.89 bits per heavy atom. The summed E-state index contributed by atoms with van der Waals surface area (Å²) in [6.45, 7) is 5.66. The van der Waals surface area contributed by atoms with Crippen LogP contribution in [-0.4, -0.2) is 53.8 Å². The van der Waals surface area contributed by atoms with Crippen molar-refractivity contribution in [3.63, 3.8) is 0 Å². The molecule has 2 N–H and O–H groups in total. The van der Waals surface area contributed by atoms with Crippen LogP contribution < -0.4 is 10.6 Å². The van der Waals surface area contributed by atoms with Gasteiger partial charge in [0.15, 0.2) is 5.16 Å². The van der Waals surface area contributed by atoms with Crippen LogP contribution in [0, 0.1) is 0 Å². The first-order valence-corrected chi connectivity index (χ1v) is 8.07. The van der Waals surface area contributed by atoms with Crippen molar-refractivity contribution in [1.82, 2.24) is 14.9 Å². The second kappa shape index (κ2) is 6.96. The van der Waals surface area contributed by atoms with E-state index in [4.69, 9.17) is 0 Å². The van der Waals surface area contributed by atoms with Crippen molar-refractivity contribution >= 4 is 23.4 Å². The van der Waals surface area contributed by atoms with Gasteiger partial charge in [-0.2, -0.15) is 0 Å². The normalized spacial score (nSPS) is 20.3. The third-order valence-corrected chi connectivity index (χ3v) is 4.00. The number of likely N-dealkylation sites (N-methyl/N-ethyl adjacent to an activating group) is 1. The Morgan fingerprint density at radius 1 is 1.42 bits per heavy atom. The van der Waals surface area contributed by atoms with E-state index in [2.05, 4.69) is 32.4 Å². The van der Waals surface area contributed by atoms with Crippen molar-refractivity contribution in [2.24, 2.45) is 0 Å². The Morgan fingerprint density at radius 2 is 2.21 bits per heavy atom. The monoisotopic (exact) mass is 281 g/mol. The zero-order valence-corrected chi connectivity index (χ0v) is 12.8. The molecule has 1 aromatic heterocycles. The van der Waals surface area contributed by atoms with Crippen LogP contribution >= 0.6 is 11.8 Å². The fraction of sp³-hybridized carbons (Fsp3) is 0.692. The van der Waals surface area contributed by atoms with Gasteiger partial charge in [-0.05, 0) is 32.2 Å². The molecule has 2 heterocycles. The van der Waals surface area contributed by atoms with Gasteiger partial charge in [-0.1, -0.05) is 18.7 Å². The van der Waals surface area contributed by atoms with Gasteiger partial charge < -0.3 is 15.5 Å². The van der Waals surface area contributed by atoms with Crippen molar-refractivity contribution < 1.29 is 0 Å². The van der Waals surface area contributed by atoms with Gasteiger partial charge in [-0.15, -0.1) is 0 Å². The Kier molecular flexibility index (Phi) is 5.27. The third kappa shape index (κ3) is 3.98. The van der Waals surface area contributed by atoms with Gasteiger partial charge in [0.05, 0.1) is 0 Å². The van der Waals surface area contributed by atoms with E-state index in [9.17, 15) is 0 Å². The van der Waals surface area contributed by atoms with Crippen LogP contribution in [0.2, 0.25) is 0 Å². The van der Waals surface area contributed by atoms with Crippen LogP contribution in [0.1, 0.15) is 19.8 Å². The summed E-state index contributed by atoms with van der Waals surface area (Å²) in [4.78, 5) is 11.4. The third-order valence-electron chi connectivity index (χ3n) is 3.45. The number of piperidine rings is 1. The molecule has 0 amide bonds. The topological polar surface area (TPSA) is 53.1 Å². The predicted octanol–water partition coefficient (Wildman–Crippen LogP) is 2.14. The second-order valence-electron chi connectivity index (χ2n) is 4.75. The van der Waals surface area contributed by atoms with Gasteiger partial charge in [0.2, 0.25) is 0 Å². The molecule has 5 nitrogen and oxygen atoms in total. The van der Waals surface area contributed by atoms with E-state index >= 15 is 0 Å². The molecule has 0 spiro atoms. The second-order valence-corrected chi connectivity index (χ2v) is 5.53. The summed E-state index contributed by atoms with van der Waals surface area (Å²) in [7, 11) is 1.88. The lowest BCUT2D eigenvalue weighted by atomic mass is 10.1. The number of anilines is 2. The van der Waals surface area contributed by atoms with E-state index < -0.39 is 0 Å². The van der Waals surface area contributed by atoms with Crippen LogP contribution in [0.4, 0.5) is 11.6 Å². The molecule has 0 aromatic carbocycles. The summed E-state index contributed by atoms with van der Waals surface area (Å²) in [6, 6.07) is 2.47. The Balaban J connectivity index is 2.05. The number of aromatic nitrogens is 2. The van der Waals surface area contributed by atoms with Crippen molar-refractivity contribution in [2.75, 3.05) is 43.6 Å². The summed E-state index contributed by atoms with van der Waals surface area (Å²) in [6.07, 6.45) is 4.47. The lowest BCUT2D eigenvalue weighted by Crippen LogP contribution is -2.42. The van der Waals surface area contributed by atoms with Gasteiger partial charge in [-0.25, -0.2) is 9.97 Å². The highest BCUT2D eigenvalue weighted by Crippen LogP contribution is 2.20. The molecule has 0 aliphatic carbocycles. The van der Waals surface area contributed by atoms with E-state index in [1.165, 1.54) is 19.4 Å². The first-order valence-electron chi connectivity index (χ1n) is 6.85. The molecule has 0 bridgehead atoms. The molecule has 1 aliphatic heterocycles. The number of hydrogen-bond donors (Lipinski definition) is 2. The van der Waals surface area contributed by atoms with E-state index in [-0.39, 0.29) is 0 Å². The van der Waals surface area contributed by atoms with E-state index in [0.29, 0.717) is 6.04 Å². The number of rotatable bonds is 5. The maximum absolute atomic E-state index is 4.53. The highest BCUT2D eigenvalue weighted by atomic mass is 32.2. The summed E-state index contributed by atoms with van der Waals surface area (Å²) in [5.41, 5.74) is 0. The van der Waals surface area contributed by atoms with Crippen LogP contribution in [0.15, 0.2) is 11.2 Å². The molecular weight excluding hydrogens is 258 g/mol. The molecule has 1 unspecified atom stereocenters. The van der Waals surface area contributed by atoms with E-state index in [1.54, 1.807) is 11.8 Å². The van der Waals surface area contributed by atoms with Crippen LogP contribution in [0.25, 0.3) is 0 Å². The number of nitrogens with zero attached hydrogens (tertiary/aromatic N) is 3. The maximum atomic E-state index is 4.53. The summed E-state index contributed by atoms with van der Waals surface area (Å²) in [5.74, 6) is 1.79. The number of hydrogen-bond acceptors (Lipinski definition) is 6. The van der Waals surface area contributed by atoms with Crippen molar-refractivity contribution in [1.29, 1.82) is 0 Å². The minimum absolute atomic E-state index is 0.489. The minimum Gasteiger partial charge on any atom is -0.373 e. The summed E-state index contributed by atoms with van der Waals surface area (Å²) in [5, 5.41) is 7.44. The molecule has 6 heteroatoms. The van der Waals surface area contributed by atoms with E-state index in [1.807, 2.05) is 19.4 Å². The standard InChI is InChI=1S/C13H23N5S/c1-4-18-7-5-6-10(9-18)15-12-8-11(14-2)16-13(17-12)19-3/h8,10H,4-7,9H2,1-3H3,(H2,14,15,16,17). The molecule has 1 fully saturated rings. The molecule has 0 saturated carbocycles. The average Bonchev–Trinajstić information content (AvgIpc) is 2.47. The smallest absolute Gasteiger partial charge is 0.191 e. The number of nitrogens with one attached hydrogen (secondary N) is 2.